The molecule has 1 aliphatic heterocycles. The van der Waals surface area contributed by atoms with E-state index in [9.17, 15) is 9.59 Å². The van der Waals surface area contributed by atoms with Crippen LogP contribution in [0.25, 0.3) is 10.2 Å². The Morgan fingerprint density at radius 1 is 1.35 bits per heavy atom. The Morgan fingerprint density at radius 3 is 3.00 bits per heavy atom. The number of fused-ring (bicyclic) bond motifs is 4. The van der Waals surface area contributed by atoms with Crippen molar-refractivity contribution >= 4 is 27.5 Å². The highest BCUT2D eigenvalue weighted by molar-refractivity contribution is 7.20. The molecule has 26 heavy (non-hydrogen) atoms. The minimum Gasteiger partial charge on any atom is -0.351 e. The van der Waals surface area contributed by atoms with Crippen LogP contribution in [-0.4, -0.2) is 22.0 Å². The summed E-state index contributed by atoms with van der Waals surface area (Å²) < 4.78 is 1.78. The summed E-state index contributed by atoms with van der Waals surface area (Å²) in [6, 6.07) is 0. The lowest BCUT2D eigenvalue weighted by Gasteiger charge is -2.21. The molecule has 5 rings (SSSR count). The lowest BCUT2D eigenvalue weighted by molar-refractivity contribution is 0.0953. The Balaban J connectivity index is 1.32. The zero-order chi connectivity index (χ0) is 17.8. The molecular weight excluding hydrogens is 346 g/mol. The fourth-order valence-corrected chi connectivity index (χ4v) is 6.58. The Hall–Kier alpha value is -1.69. The fraction of sp³-hybridized carbons (Fsp3) is 0.650. The Labute approximate surface area is 156 Å². The molecule has 0 radical (unpaired) electrons. The Morgan fingerprint density at radius 2 is 2.23 bits per heavy atom. The molecule has 6 heteroatoms. The van der Waals surface area contributed by atoms with Crippen LogP contribution in [0.1, 0.15) is 59.6 Å². The largest absolute Gasteiger partial charge is 0.351 e. The van der Waals surface area contributed by atoms with Gasteiger partial charge >= 0.3 is 0 Å². The van der Waals surface area contributed by atoms with Gasteiger partial charge in [0.2, 0.25) is 0 Å². The number of aryl methyl sites for hydroxylation is 2. The van der Waals surface area contributed by atoms with Gasteiger partial charge in [-0.3, -0.25) is 14.2 Å². The first-order chi connectivity index (χ1) is 12.6. The molecule has 2 aliphatic carbocycles. The van der Waals surface area contributed by atoms with Gasteiger partial charge in [0, 0.05) is 19.5 Å². The minimum absolute atomic E-state index is 0.0253. The molecule has 1 N–H and O–H groups in total. The maximum atomic E-state index is 12.7. The molecule has 0 unspecified atom stereocenters. The minimum atomic E-state index is -0.0433. The van der Waals surface area contributed by atoms with Gasteiger partial charge < -0.3 is 5.32 Å². The van der Waals surface area contributed by atoms with E-state index in [1.165, 1.54) is 37.0 Å². The van der Waals surface area contributed by atoms with Crippen LogP contribution in [0.4, 0.5) is 0 Å². The highest BCUT2D eigenvalue weighted by Gasteiger charge is 2.38. The Bertz CT molecular complexity index is 945. The number of hydrogen-bond acceptors (Lipinski definition) is 4. The van der Waals surface area contributed by atoms with Gasteiger partial charge in [-0.25, -0.2) is 4.98 Å². The van der Waals surface area contributed by atoms with Crippen LogP contribution in [0.2, 0.25) is 0 Å². The maximum Gasteiger partial charge on any atom is 0.262 e. The smallest absolute Gasteiger partial charge is 0.262 e. The number of nitrogens with zero attached hydrogens (tertiary/aromatic N) is 2. The molecule has 2 aromatic rings. The lowest BCUT2D eigenvalue weighted by atomic mass is 9.86. The number of hydrogen-bond donors (Lipinski definition) is 1. The molecule has 2 bridgehead atoms. The van der Waals surface area contributed by atoms with Crippen molar-refractivity contribution in [3.63, 3.8) is 0 Å². The SMILES string of the molecule is Cc1c(C(=O)NCC[C@H]2C[C@H]3CC[C@H]2C3)sc2nc3n(c(=O)c12)CCC3. The normalized spacial score (nSPS) is 26.6. The van der Waals surface area contributed by atoms with Gasteiger partial charge in [-0.2, -0.15) is 0 Å². The van der Waals surface area contributed by atoms with Crippen LogP contribution in [-0.2, 0) is 13.0 Å². The van der Waals surface area contributed by atoms with E-state index in [2.05, 4.69) is 10.3 Å². The van der Waals surface area contributed by atoms with Crippen molar-refractivity contribution in [2.75, 3.05) is 6.54 Å². The molecule has 3 heterocycles. The van der Waals surface area contributed by atoms with Crippen LogP contribution in [0.15, 0.2) is 4.79 Å². The highest BCUT2D eigenvalue weighted by Crippen LogP contribution is 2.49. The maximum absolute atomic E-state index is 12.7. The third-order valence-electron chi connectivity index (χ3n) is 6.80. The standard InChI is InChI=1S/C20H25N3O2S/c1-11-16-19(22-15-3-2-8-23(15)20(16)25)26-17(11)18(24)21-7-6-14-10-12-4-5-13(14)9-12/h12-14H,2-10H2,1H3,(H,21,24)/t12-,13-,14-/m0/s1. The number of thiophene rings is 1. The zero-order valence-electron chi connectivity index (χ0n) is 15.2. The molecule has 5 nitrogen and oxygen atoms in total. The van der Waals surface area contributed by atoms with Crippen molar-refractivity contribution in [3.05, 3.63) is 26.6 Å². The average molecular weight is 372 g/mol. The second-order valence-corrected chi connectivity index (χ2v) is 9.30. The van der Waals surface area contributed by atoms with E-state index in [0.717, 1.165) is 66.3 Å². The molecule has 3 aliphatic rings. The fourth-order valence-electron chi connectivity index (χ4n) is 5.47. The summed E-state index contributed by atoms with van der Waals surface area (Å²) in [6.07, 6.45) is 8.50. The van der Waals surface area contributed by atoms with Crippen molar-refractivity contribution < 1.29 is 4.79 Å². The third kappa shape index (κ3) is 2.53. The second-order valence-electron chi connectivity index (χ2n) is 8.30. The summed E-state index contributed by atoms with van der Waals surface area (Å²) in [4.78, 5) is 31.5. The number of nitrogens with one attached hydrogen (secondary N) is 1. The summed E-state index contributed by atoms with van der Waals surface area (Å²) in [6.45, 7) is 3.37. The van der Waals surface area contributed by atoms with Crippen LogP contribution in [0.3, 0.4) is 0 Å². The zero-order valence-corrected chi connectivity index (χ0v) is 16.0. The van der Waals surface area contributed by atoms with E-state index in [1.54, 1.807) is 4.57 Å². The summed E-state index contributed by atoms with van der Waals surface area (Å²) in [7, 11) is 0. The van der Waals surface area contributed by atoms with Gasteiger partial charge in [0.05, 0.1) is 10.3 Å². The number of carbonyl (C=O) groups excluding carboxylic acids is 1. The number of amides is 1. The molecule has 2 saturated carbocycles. The van der Waals surface area contributed by atoms with Crippen molar-refractivity contribution in [1.82, 2.24) is 14.9 Å². The van der Waals surface area contributed by atoms with E-state index in [4.69, 9.17) is 0 Å². The quantitative estimate of drug-likeness (QED) is 0.897. The lowest BCUT2D eigenvalue weighted by Crippen LogP contribution is -2.27. The van der Waals surface area contributed by atoms with Crippen LogP contribution >= 0.6 is 11.3 Å². The molecule has 138 valence electrons. The molecule has 0 spiro atoms. The molecule has 0 saturated heterocycles. The predicted molar refractivity (Wildman–Crippen MR) is 103 cm³/mol. The molecule has 1 amide bonds. The van der Waals surface area contributed by atoms with E-state index >= 15 is 0 Å². The highest BCUT2D eigenvalue weighted by atomic mass is 32.1. The van der Waals surface area contributed by atoms with Crippen LogP contribution in [0, 0.1) is 24.7 Å². The topological polar surface area (TPSA) is 64.0 Å². The van der Waals surface area contributed by atoms with Gasteiger partial charge in [0.15, 0.2) is 0 Å². The van der Waals surface area contributed by atoms with Gasteiger partial charge in [-0.15, -0.1) is 11.3 Å². The number of carbonyl (C=O) groups is 1. The van der Waals surface area contributed by atoms with Gasteiger partial charge in [-0.05, 0) is 62.3 Å². The summed E-state index contributed by atoms with van der Waals surface area (Å²) in [5.74, 6) is 3.47. The van der Waals surface area contributed by atoms with Crippen LogP contribution < -0.4 is 10.9 Å². The third-order valence-corrected chi connectivity index (χ3v) is 7.99. The molecule has 2 aromatic heterocycles. The first kappa shape index (κ1) is 16.5. The molecule has 3 atom stereocenters. The van der Waals surface area contributed by atoms with Gasteiger partial charge in [-0.1, -0.05) is 6.42 Å². The number of aromatic nitrogens is 2. The summed E-state index contributed by atoms with van der Waals surface area (Å²) in [5, 5.41) is 3.74. The van der Waals surface area contributed by atoms with Crippen molar-refractivity contribution in [1.29, 1.82) is 0 Å². The molecule has 2 fully saturated rings. The second kappa shape index (κ2) is 6.19. The first-order valence-corrected chi connectivity index (χ1v) is 10.7. The number of rotatable bonds is 4. The molecule has 0 aromatic carbocycles. The van der Waals surface area contributed by atoms with E-state index in [0.29, 0.717) is 10.3 Å². The average Bonchev–Trinajstić information content (AvgIpc) is 3.38. The van der Waals surface area contributed by atoms with E-state index < -0.39 is 0 Å². The Kier molecular flexibility index (Phi) is 3.92. The predicted octanol–water partition coefficient (Wildman–Crippen LogP) is 3.27. The first-order valence-electron chi connectivity index (χ1n) is 9.93. The van der Waals surface area contributed by atoms with E-state index in [1.807, 2.05) is 6.92 Å². The van der Waals surface area contributed by atoms with Gasteiger partial charge in [0.1, 0.15) is 10.7 Å². The monoisotopic (exact) mass is 371 g/mol. The molecular formula is C20H25N3O2S. The van der Waals surface area contributed by atoms with E-state index in [-0.39, 0.29) is 11.5 Å². The summed E-state index contributed by atoms with van der Waals surface area (Å²) >= 11 is 1.37. The van der Waals surface area contributed by atoms with Gasteiger partial charge in [0.25, 0.3) is 11.5 Å². The van der Waals surface area contributed by atoms with Crippen LogP contribution in [0.5, 0.6) is 0 Å². The van der Waals surface area contributed by atoms with Crippen molar-refractivity contribution in [2.45, 2.75) is 58.4 Å². The van der Waals surface area contributed by atoms with Crippen molar-refractivity contribution in [3.8, 4) is 0 Å². The van der Waals surface area contributed by atoms with Crippen molar-refractivity contribution in [2.24, 2.45) is 17.8 Å². The summed E-state index contributed by atoms with van der Waals surface area (Å²) in [5.41, 5.74) is 0.819.